The van der Waals surface area contributed by atoms with Crippen LogP contribution >= 0.6 is 0 Å². The van der Waals surface area contributed by atoms with Gasteiger partial charge in [-0.2, -0.15) is 4.31 Å². The fourth-order valence-corrected chi connectivity index (χ4v) is 6.21. The molecule has 0 radical (unpaired) electrons. The summed E-state index contributed by atoms with van der Waals surface area (Å²) in [6.07, 6.45) is 0.696. The van der Waals surface area contributed by atoms with Crippen molar-refractivity contribution in [3.8, 4) is 0 Å². The van der Waals surface area contributed by atoms with E-state index in [0.717, 1.165) is 25.2 Å². The van der Waals surface area contributed by atoms with Crippen molar-refractivity contribution in [2.45, 2.75) is 24.4 Å². The number of piperazine rings is 1. The molecule has 1 amide bonds. The smallest absolute Gasteiger partial charge is 0.253 e. The third-order valence-corrected chi connectivity index (χ3v) is 8.56. The predicted octanol–water partition coefficient (Wildman–Crippen LogP) is 3.39. The first-order valence-electron chi connectivity index (χ1n) is 11.7. The Morgan fingerprint density at radius 2 is 1.47 bits per heavy atom. The standard InChI is InChI=1S/C27H29N3O3S/c31-27(29-17-15-28(16-18-29)20-22-7-2-1-3-8-22)24-11-6-12-26(19-24)34(32,33)30-14-13-23-9-4-5-10-25(23)21-30/h1-12,19H,13-18,20-21H2. The van der Waals surface area contributed by atoms with Gasteiger partial charge in [0.25, 0.3) is 5.91 Å². The molecule has 176 valence electrons. The highest BCUT2D eigenvalue weighted by atomic mass is 32.2. The van der Waals surface area contributed by atoms with Crippen LogP contribution in [0, 0.1) is 0 Å². The summed E-state index contributed by atoms with van der Waals surface area (Å²) in [5.41, 5.74) is 3.93. The van der Waals surface area contributed by atoms with E-state index in [1.165, 1.54) is 21.5 Å². The van der Waals surface area contributed by atoms with Crippen molar-refractivity contribution in [1.82, 2.24) is 14.1 Å². The first kappa shape index (κ1) is 22.8. The van der Waals surface area contributed by atoms with Crippen LogP contribution in [0.3, 0.4) is 0 Å². The zero-order valence-corrected chi connectivity index (χ0v) is 20.0. The summed E-state index contributed by atoms with van der Waals surface area (Å²) < 4.78 is 28.2. The van der Waals surface area contributed by atoms with E-state index in [2.05, 4.69) is 23.1 Å². The summed E-state index contributed by atoms with van der Waals surface area (Å²) >= 11 is 0. The molecule has 2 heterocycles. The lowest BCUT2D eigenvalue weighted by Gasteiger charge is -2.35. The van der Waals surface area contributed by atoms with Gasteiger partial charge in [-0.1, -0.05) is 60.7 Å². The van der Waals surface area contributed by atoms with Crippen LogP contribution in [-0.2, 0) is 29.5 Å². The molecule has 0 unspecified atom stereocenters. The Morgan fingerprint density at radius 1 is 0.765 bits per heavy atom. The lowest BCUT2D eigenvalue weighted by Crippen LogP contribution is -2.48. The maximum absolute atomic E-state index is 13.4. The van der Waals surface area contributed by atoms with Crippen molar-refractivity contribution in [3.63, 3.8) is 0 Å². The van der Waals surface area contributed by atoms with Crippen molar-refractivity contribution in [3.05, 3.63) is 101 Å². The molecule has 2 aliphatic rings. The third-order valence-electron chi connectivity index (χ3n) is 6.72. The highest BCUT2D eigenvalue weighted by Gasteiger charge is 2.29. The van der Waals surface area contributed by atoms with Crippen LogP contribution < -0.4 is 0 Å². The molecule has 0 spiro atoms. The van der Waals surface area contributed by atoms with E-state index in [-0.39, 0.29) is 10.8 Å². The van der Waals surface area contributed by atoms with Crippen LogP contribution in [0.5, 0.6) is 0 Å². The van der Waals surface area contributed by atoms with Gasteiger partial charge in [0.2, 0.25) is 10.0 Å². The van der Waals surface area contributed by atoms with Crippen LogP contribution in [0.2, 0.25) is 0 Å². The quantitative estimate of drug-likeness (QED) is 0.568. The minimum Gasteiger partial charge on any atom is -0.336 e. The highest BCUT2D eigenvalue weighted by Crippen LogP contribution is 2.25. The van der Waals surface area contributed by atoms with Crippen molar-refractivity contribution in [2.24, 2.45) is 0 Å². The first-order valence-corrected chi connectivity index (χ1v) is 13.2. The molecular formula is C27H29N3O3S. The van der Waals surface area contributed by atoms with Crippen LogP contribution in [0.15, 0.2) is 83.8 Å². The van der Waals surface area contributed by atoms with Crippen LogP contribution in [0.4, 0.5) is 0 Å². The Labute approximate surface area is 201 Å². The molecule has 3 aromatic carbocycles. The average molecular weight is 476 g/mol. The summed E-state index contributed by atoms with van der Waals surface area (Å²) in [6, 6.07) is 24.8. The number of rotatable bonds is 5. The molecule has 0 bridgehead atoms. The van der Waals surface area contributed by atoms with Gasteiger partial charge in [0.15, 0.2) is 0 Å². The number of benzene rings is 3. The van der Waals surface area contributed by atoms with Gasteiger partial charge in [0.05, 0.1) is 4.90 Å². The van der Waals surface area contributed by atoms with Crippen molar-refractivity contribution in [1.29, 1.82) is 0 Å². The molecule has 7 heteroatoms. The molecule has 6 nitrogen and oxygen atoms in total. The fourth-order valence-electron chi connectivity index (χ4n) is 4.75. The minimum absolute atomic E-state index is 0.111. The van der Waals surface area contributed by atoms with Crippen molar-refractivity contribution < 1.29 is 13.2 Å². The molecule has 0 aromatic heterocycles. The summed E-state index contributed by atoms with van der Waals surface area (Å²) in [5, 5.41) is 0. The number of nitrogens with zero attached hydrogens (tertiary/aromatic N) is 3. The maximum atomic E-state index is 13.4. The molecule has 0 atom stereocenters. The third kappa shape index (κ3) is 4.78. The number of amides is 1. The number of carbonyl (C=O) groups is 1. The van der Waals surface area contributed by atoms with Crippen molar-refractivity contribution >= 4 is 15.9 Å². The molecule has 2 aliphatic heterocycles. The van der Waals surface area contributed by atoms with E-state index in [0.29, 0.717) is 38.2 Å². The Bertz CT molecular complexity index is 1270. The molecule has 1 fully saturated rings. The fraction of sp³-hybridized carbons (Fsp3) is 0.296. The maximum Gasteiger partial charge on any atom is 0.253 e. The molecule has 3 aromatic rings. The molecular weight excluding hydrogens is 446 g/mol. The van der Waals surface area contributed by atoms with Gasteiger partial charge >= 0.3 is 0 Å². The molecule has 0 aliphatic carbocycles. The molecule has 34 heavy (non-hydrogen) atoms. The lowest BCUT2D eigenvalue weighted by molar-refractivity contribution is 0.0628. The van der Waals surface area contributed by atoms with Crippen LogP contribution in [-0.4, -0.2) is 61.2 Å². The number of sulfonamides is 1. The van der Waals surface area contributed by atoms with Crippen LogP contribution in [0.1, 0.15) is 27.0 Å². The molecule has 0 N–H and O–H groups in total. The summed E-state index contributed by atoms with van der Waals surface area (Å²) in [5.74, 6) is -0.111. The Hall–Kier alpha value is -3.00. The van der Waals surface area contributed by atoms with Crippen LogP contribution in [0.25, 0.3) is 0 Å². The van der Waals surface area contributed by atoms with E-state index in [1.807, 2.05) is 41.3 Å². The van der Waals surface area contributed by atoms with Gasteiger partial charge < -0.3 is 4.90 Å². The number of fused-ring (bicyclic) bond motifs is 1. The van der Waals surface area contributed by atoms with Gasteiger partial charge in [-0.3, -0.25) is 9.69 Å². The van der Waals surface area contributed by atoms with E-state index in [1.54, 1.807) is 18.2 Å². The van der Waals surface area contributed by atoms with E-state index >= 15 is 0 Å². The number of hydrogen-bond acceptors (Lipinski definition) is 4. The summed E-state index contributed by atoms with van der Waals surface area (Å²) in [6.45, 7) is 4.53. The monoisotopic (exact) mass is 475 g/mol. The minimum atomic E-state index is -3.68. The number of carbonyl (C=O) groups excluding carboxylic acids is 1. The average Bonchev–Trinajstić information content (AvgIpc) is 2.89. The van der Waals surface area contributed by atoms with E-state index < -0.39 is 10.0 Å². The predicted molar refractivity (Wildman–Crippen MR) is 132 cm³/mol. The van der Waals surface area contributed by atoms with Gasteiger partial charge in [-0.05, 0) is 41.3 Å². The largest absolute Gasteiger partial charge is 0.336 e. The summed E-state index contributed by atoms with van der Waals surface area (Å²) in [7, 11) is -3.68. The molecule has 5 rings (SSSR count). The number of hydrogen-bond donors (Lipinski definition) is 0. The topological polar surface area (TPSA) is 60.9 Å². The SMILES string of the molecule is O=C(c1cccc(S(=O)(=O)N2CCc3ccccc3C2)c1)N1CCN(Cc2ccccc2)CC1. The van der Waals surface area contributed by atoms with Gasteiger partial charge in [-0.15, -0.1) is 0 Å². The summed E-state index contributed by atoms with van der Waals surface area (Å²) in [4.78, 5) is 17.5. The second-order valence-electron chi connectivity index (χ2n) is 8.94. The highest BCUT2D eigenvalue weighted by molar-refractivity contribution is 7.89. The van der Waals surface area contributed by atoms with Crippen molar-refractivity contribution in [2.75, 3.05) is 32.7 Å². The normalized spacial score (nSPS) is 17.4. The van der Waals surface area contributed by atoms with Gasteiger partial charge in [0, 0.05) is 51.4 Å². The molecule has 1 saturated heterocycles. The zero-order valence-electron chi connectivity index (χ0n) is 19.1. The molecule has 0 saturated carbocycles. The Balaban J connectivity index is 1.25. The zero-order chi connectivity index (χ0) is 23.5. The second kappa shape index (κ2) is 9.70. The van der Waals surface area contributed by atoms with Gasteiger partial charge in [0.1, 0.15) is 0 Å². The van der Waals surface area contributed by atoms with Gasteiger partial charge in [-0.25, -0.2) is 8.42 Å². The van der Waals surface area contributed by atoms with E-state index in [9.17, 15) is 13.2 Å². The Kier molecular flexibility index (Phi) is 6.50. The lowest BCUT2D eigenvalue weighted by atomic mass is 10.0. The second-order valence-corrected chi connectivity index (χ2v) is 10.9. The van der Waals surface area contributed by atoms with E-state index in [4.69, 9.17) is 0 Å². The Morgan fingerprint density at radius 3 is 2.24 bits per heavy atom. The first-order chi connectivity index (χ1) is 16.5.